The summed E-state index contributed by atoms with van der Waals surface area (Å²) in [6.45, 7) is 6.33. The van der Waals surface area contributed by atoms with Gasteiger partial charge in [0, 0.05) is 17.3 Å². The van der Waals surface area contributed by atoms with Gasteiger partial charge in [0.2, 0.25) is 0 Å². The maximum absolute atomic E-state index is 12.0. The number of carbonyl (C=O) groups is 1. The van der Waals surface area contributed by atoms with E-state index < -0.39 is 11.7 Å². The minimum atomic E-state index is -0.527. The zero-order valence-electron chi connectivity index (χ0n) is 11.9. The summed E-state index contributed by atoms with van der Waals surface area (Å²) in [4.78, 5) is 14.6. The Morgan fingerprint density at radius 3 is 2.80 bits per heavy atom. The zero-order valence-corrected chi connectivity index (χ0v) is 13.5. The third kappa shape index (κ3) is 3.87. The Morgan fingerprint density at radius 2 is 2.25 bits per heavy atom. The molecule has 0 bridgehead atoms. The maximum Gasteiger partial charge on any atom is 0.410 e. The van der Waals surface area contributed by atoms with Gasteiger partial charge in [-0.1, -0.05) is 11.6 Å². The summed E-state index contributed by atoms with van der Waals surface area (Å²) in [7, 11) is 0. The highest BCUT2D eigenvalue weighted by Crippen LogP contribution is 2.29. The number of halogens is 1. The number of β-amino-alcohol motifs (C(OH)–C–C–N with tert-alkyl or cyclic N) is 1. The molecule has 1 aliphatic heterocycles. The number of aliphatic hydroxyl groups is 1. The normalized spacial score (nSPS) is 23.1. The van der Waals surface area contributed by atoms with Crippen molar-refractivity contribution in [3.63, 3.8) is 0 Å². The van der Waals surface area contributed by atoms with Gasteiger partial charge in [-0.25, -0.2) is 4.79 Å². The van der Waals surface area contributed by atoms with Crippen molar-refractivity contribution >= 4 is 29.0 Å². The fourth-order valence-corrected chi connectivity index (χ4v) is 3.45. The van der Waals surface area contributed by atoms with E-state index in [-0.39, 0.29) is 12.0 Å². The van der Waals surface area contributed by atoms with Crippen molar-refractivity contribution in [3.8, 4) is 0 Å². The standard InChI is InChI=1S/C14H20ClNO3S/c1-14(2,3)19-13(18)16-7-9(11(17)8-16)6-12-10(15)4-5-20-12/h4-5,9,11,17H,6-8H2,1-3H3. The van der Waals surface area contributed by atoms with Gasteiger partial charge in [0.25, 0.3) is 0 Å². The molecule has 6 heteroatoms. The van der Waals surface area contributed by atoms with Gasteiger partial charge in [0.1, 0.15) is 5.60 Å². The number of hydrogen-bond acceptors (Lipinski definition) is 4. The molecule has 1 N–H and O–H groups in total. The lowest BCUT2D eigenvalue weighted by Gasteiger charge is -2.24. The third-order valence-corrected chi connectivity index (χ3v) is 4.61. The molecule has 0 aromatic carbocycles. The monoisotopic (exact) mass is 317 g/mol. The van der Waals surface area contributed by atoms with Crippen molar-refractivity contribution in [1.82, 2.24) is 4.90 Å². The maximum atomic E-state index is 12.0. The van der Waals surface area contributed by atoms with Crippen molar-refractivity contribution in [2.24, 2.45) is 5.92 Å². The molecule has 2 unspecified atom stereocenters. The molecule has 112 valence electrons. The van der Waals surface area contributed by atoms with Gasteiger partial charge in [-0.15, -0.1) is 11.3 Å². The summed E-state index contributed by atoms with van der Waals surface area (Å²) in [5.41, 5.74) is -0.517. The number of ether oxygens (including phenoxy) is 1. The number of carbonyl (C=O) groups excluding carboxylic acids is 1. The van der Waals surface area contributed by atoms with Crippen LogP contribution in [-0.2, 0) is 11.2 Å². The van der Waals surface area contributed by atoms with E-state index in [0.29, 0.717) is 19.5 Å². The van der Waals surface area contributed by atoms with Crippen LogP contribution >= 0.6 is 22.9 Å². The Hall–Kier alpha value is -0.780. The molecule has 2 heterocycles. The Labute approximate surface area is 128 Å². The van der Waals surface area contributed by atoms with Crippen LogP contribution in [0.1, 0.15) is 25.6 Å². The fourth-order valence-electron chi connectivity index (χ4n) is 2.24. The SMILES string of the molecule is CC(C)(C)OC(=O)N1CC(O)C(Cc2sccc2Cl)C1. The van der Waals surface area contributed by atoms with Gasteiger partial charge in [0.05, 0.1) is 17.7 Å². The quantitative estimate of drug-likeness (QED) is 0.911. The summed E-state index contributed by atoms with van der Waals surface area (Å²) in [5, 5.41) is 12.8. The van der Waals surface area contributed by atoms with Crippen molar-refractivity contribution in [2.45, 2.75) is 38.9 Å². The summed E-state index contributed by atoms with van der Waals surface area (Å²) in [6.07, 6.45) is -0.200. The highest BCUT2D eigenvalue weighted by molar-refractivity contribution is 7.10. The number of nitrogens with zero attached hydrogens (tertiary/aromatic N) is 1. The number of hydrogen-bond donors (Lipinski definition) is 1. The summed E-state index contributed by atoms with van der Waals surface area (Å²) < 4.78 is 5.33. The van der Waals surface area contributed by atoms with Crippen molar-refractivity contribution in [2.75, 3.05) is 13.1 Å². The highest BCUT2D eigenvalue weighted by atomic mass is 35.5. The first-order valence-electron chi connectivity index (χ1n) is 6.64. The van der Waals surface area contributed by atoms with E-state index >= 15 is 0 Å². The fraction of sp³-hybridized carbons (Fsp3) is 0.643. The molecule has 1 aromatic rings. The predicted molar refractivity (Wildman–Crippen MR) is 80.3 cm³/mol. The van der Waals surface area contributed by atoms with E-state index in [1.165, 1.54) is 0 Å². The van der Waals surface area contributed by atoms with Crippen LogP contribution < -0.4 is 0 Å². The second kappa shape index (κ2) is 5.92. The van der Waals surface area contributed by atoms with Crippen molar-refractivity contribution in [1.29, 1.82) is 0 Å². The Morgan fingerprint density at radius 1 is 1.55 bits per heavy atom. The first-order chi connectivity index (χ1) is 9.26. The van der Waals surface area contributed by atoms with Crippen molar-refractivity contribution in [3.05, 3.63) is 21.3 Å². The number of likely N-dealkylation sites (tertiary alicyclic amines) is 1. The lowest BCUT2D eigenvalue weighted by molar-refractivity contribution is 0.0270. The largest absolute Gasteiger partial charge is 0.444 e. The molecule has 1 aliphatic rings. The molecule has 4 nitrogen and oxygen atoms in total. The van der Waals surface area contributed by atoms with E-state index in [2.05, 4.69) is 0 Å². The van der Waals surface area contributed by atoms with Crippen LogP contribution in [0.2, 0.25) is 5.02 Å². The Bertz CT molecular complexity index is 483. The Balaban J connectivity index is 1.95. The molecule has 1 saturated heterocycles. The molecule has 0 saturated carbocycles. The molecule has 0 spiro atoms. The summed E-state index contributed by atoms with van der Waals surface area (Å²) >= 11 is 7.66. The second-order valence-corrected chi connectivity index (χ2v) is 7.52. The van der Waals surface area contributed by atoms with Crippen molar-refractivity contribution < 1.29 is 14.6 Å². The number of thiophene rings is 1. The molecule has 20 heavy (non-hydrogen) atoms. The number of amides is 1. The molecule has 1 aromatic heterocycles. The van der Waals surface area contributed by atoms with Crippen LogP contribution in [0.5, 0.6) is 0 Å². The molecule has 1 amide bonds. The van der Waals surface area contributed by atoms with Gasteiger partial charge in [-0.05, 0) is 38.6 Å². The average Bonchev–Trinajstić information content (AvgIpc) is 2.86. The van der Waals surface area contributed by atoms with E-state index in [4.69, 9.17) is 16.3 Å². The first-order valence-corrected chi connectivity index (χ1v) is 7.90. The van der Waals surface area contributed by atoms with Gasteiger partial charge in [-0.2, -0.15) is 0 Å². The minimum absolute atomic E-state index is 0.0127. The summed E-state index contributed by atoms with van der Waals surface area (Å²) in [6, 6.07) is 1.86. The van der Waals surface area contributed by atoms with Crippen LogP contribution in [0.15, 0.2) is 11.4 Å². The number of rotatable bonds is 2. The van der Waals surface area contributed by atoms with E-state index in [9.17, 15) is 9.90 Å². The van der Waals surface area contributed by atoms with Gasteiger partial charge in [-0.3, -0.25) is 0 Å². The lowest BCUT2D eigenvalue weighted by atomic mass is 10.0. The molecular formula is C14H20ClNO3S. The molecule has 0 radical (unpaired) electrons. The van der Waals surface area contributed by atoms with Gasteiger partial charge >= 0.3 is 6.09 Å². The van der Waals surface area contributed by atoms with Crippen LogP contribution in [0, 0.1) is 5.92 Å². The van der Waals surface area contributed by atoms with E-state index in [0.717, 1.165) is 9.90 Å². The highest BCUT2D eigenvalue weighted by Gasteiger charge is 2.36. The molecule has 2 rings (SSSR count). The lowest BCUT2D eigenvalue weighted by Crippen LogP contribution is -2.35. The number of aliphatic hydroxyl groups excluding tert-OH is 1. The second-order valence-electron chi connectivity index (χ2n) is 6.11. The van der Waals surface area contributed by atoms with Gasteiger partial charge in [0.15, 0.2) is 0 Å². The van der Waals surface area contributed by atoms with Crippen LogP contribution in [0.25, 0.3) is 0 Å². The zero-order chi connectivity index (χ0) is 14.9. The third-order valence-electron chi connectivity index (χ3n) is 3.20. The van der Waals surface area contributed by atoms with E-state index in [1.54, 1.807) is 16.2 Å². The molecule has 1 fully saturated rings. The predicted octanol–water partition coefficient (Wildman–Crippen LogP) is 3.17. The van der Waals surface area contributed by atoms with E-state index in [1.807, 2.05) is 32.2 Å². The average molecular weight is 318 g/mol. The molecule has 2 atom stereocenters. The first kappa shape index (κ1) is 15.6. The topological polar surface area (TPSA) is 49.8 Å². The molecular weight excluding hydrogens is 298 g/mol. The Kier molecular flexibility index (Phi) is 4.62. The van der Waals surface area contributed by atoms with Crippen LogP contribution in [-0.4, -0.2) is 40.9 Å². The van der Waals surface area contributed by atoms with Crippen LogP contribution in [0.4, 0.5) is 4.79 Å². The van der Waals surface area contributed by atoms with Crippen LogP contribution in [0.3, 0.4) is 0 Å². The molecule has 0 aliphatic carbocycles. The van der Waals surface area contributed by atoms with Gasteiger partial charge < -0.3 is 14.7 Å². The summed E-state index contributed by atoms with van der Waals surface area (Å²) in [5.74, 6) is 0.0127. The smallest absolute Gasteiger partial charge is 0.410 e. The minimum Gasteiger partial charge on any atom is -0.444 e.